The van der Waals surface area contributed by atoms with Gasteiger partial charge in [-0.3, -0.25) is 9.69 Å². The number of rotatable bonds is 10. The largest absolute Gasteiger partial charge is 0.421 e. The van der Waals surface area contributed by atoms with Gasteiger partial charge >= 0.3 is 0 Å². The number of aryl methyl sites for hydroxylation is 2. The summed E-state index contributed by atoms with van der Waals surface area (Å²) in [4.78, 5) is 14.8. The van der Waals surface area contributed by atoms with Crippen molar-refractivity contribution >= 4 is 5.91 Å². The molecule has 0 aliphatic carbocycles. The maximum atomic E-state index is 12.4. The van der Waals surface area contributed by atoms with E-state index in [1.165, 1.54) is 11.1 Å². The van der Waals surface area contributed by atoms with E-state index in [0.717, 1.165) is 18.7 Å². The molecule has 0 saturated carbocycles. The van der Waals surface area contributed by atoms with Crippen molar-refractivity contribution in [3.63, 3.8) is 0 Å². The van der Waals surface area contributed by atoms with E-state index in [1.54, 1.807) is 0 Å². The quantitative estimate of drug-likeness (QED) is 0.547. The molecule has 1 amide bonds. The molecule has 0 fully saturated rings. The van der Waals surface area contributed by atoms with Crippen LogP contribution in [0.3, 0.4) is 0 Å². The van der Waals surface area contributed by atoms with Crippen LogP contribution in [-0.2, 0) is 11.2 Å². The summed E-state index contributed by atoms with van der Waals surface area (Å²) < 4.78 is 5.72. The van der Waals surface area contributed by atoms with Gasteiger partial charge in [-0.25, -0.2) is 0 Å². The molecule has 3 aromatic rings. The lowest BCUT2D eigenvalue weighted by Gasteiger charge is -2.30. The van der Waals surface area contributed by atoms with Crippen molar-refractivity contribution in [2.75, 3.05) is 19.6 Å². The van der Waals surface area contributed by atoms with Crippen LogP contribution < -0.4 is 5.32 Å². The Morgan fingerprint density at radius 1 is 1.03 bits per heavy atom. The van der Waals surface area contributed by atoms with Gasteiger partial charge in [0.15, 0.2) is 0 Å². The maximum absolute atomic E-state index is 12.4. The van der Waals surface area contributed by atoms with Gasteiger partial charge < -0.3 is 9.73 Å². The lowest BCUT2D eigenvalue weighted by Crippen LogP contribution is -2.38. The standard InChI is InChI=1S/C24H30N4O2/c1-4-28(5-2)21(19-9-7-6-8-10-19)17-25-22(29)15-16-23-26-27-24(30-23)20-13-11-18(3)12-14-20/h6-14,21H,4-5,15-17H2,1-3H3,(H,25,29)/t21-/m1/s1. The smallest absolute Gasteiger partial charge is 0.247 e. The Morgan fingerprint density at radius 2 is 1.73 bits per heavy atom. The highest BCUT2D eigenvalue weighted by atomic mass is 16.4. The SMILES string of the molecule is CCN(CC)[C@H](CNC(=O)CCc1nnc(-c2ccc(C)cc2)o1)c1ccccc1. The molecule has 1 atom stereocenters. The summed E-state index contributed by atoms with van der Waals surface area (Å²) in [7, 11) is 0. The number of amides is 1. The van der Waals surface area contributed by atoms with Gasteiger partial charge in [0.05, 0.1) is 6.04 Å². The number of aromatic nitrogens is 2. The summed E-state index contributed by atoms with van der Waals surface area (Å²) >= 11 is 0. The van der Waals surface area contributed by atoms with Crippen molar-refractivity contribution < 1.29 is 9.21 Å². The fraction of sp³-hybridized carbons (Fsp3) is 0.375. The fourth-order valence-electron chi connectivity index (χ4n) is 3.48. The summed E-state index contributed by atoms with van der Waals surface area (Å²) in [6, 6.07) is 18.4. The first-order valence-electron chi connectivity index (χ1n) is 10.6. The minimum Gasteiger partial charge on any atom is -0.421 e. The minimum absolute atomic E-state index is 0.0156. The first-order chi connectivity index (χ1) is 14.6. The topological polar surface area (TPSA) is 71.3 Å². The van der Waals surface area contributed by atoms with Gasteiger partial charge in [0.1, 0.15) is 0 Å². The minimum atomic E-state index is -0.0156. The number of nitrogens with zero attached hydrogens (tertiary/aromatic N) is 3. The number of carbonyl (C=O) groups excluding carboxylic acids is 1. The van der Waals surface area contributed by atoms with Gasteiger partial charge in [-0.1, -0.05) is 61.9 Å². The van der Waals surface area contributed by atoms with Crippen LogP contribution in [0.4, 0.5) is 0 Å². The Bertz CT molecular complexity index is 918. The molecule has 0 saturated heterocycles. The highest BCUT2D eigenvalue weighted by molar-refractivity contribution is 5.76. The molecular formula is C24H30N4O2. The Morgan fingerprint density at radius 3 is 2.40 bits per heavy atom. The van der Waals surface area contributed by atoms with Crippen LogP contribution in [0, 0.1) is 6.92 Å². The molecule has 0 aliphatic heterocycles. The number of likely N-dealkylation sites (N-methyl/N-ethyl adjacent to an activating group) is 1. The summed E-state index contributed by atoms with van der Waals surface area (Å²) in [5, 5.41) is 11.3. The summed E-state index contributed by atoms with van der Waals surface area (Å²) in [5.41, 5.74) is 3.27. The first kappa shape index (κ1) is 21.7. The van der Waals surface area contributed by atoms with Crippen LogP contribution in [0.2, 0.25) is 0 Å². The van der Waals surface area contributed by atoms with E-state index in [9.17, 15) is 4.79 Å². The third-order valence-electron chi connectivity index (χ3n) is 5.26. The van der Waals surface area contributed by atoms with Crippen molar-refractivity contribution in [1.29, 1.82) is 0 Å². The van der Waals surface area contributed by atoms with Gasteiger partial charge in [-0.05, 0) is 37.7 Å². The molecule has 0 bridgehead atoms. The summed E-state index contributed by atoms with van der Waals surface area (Å²) in [5.74, 6) is 0.943. The fourth-order valence-corrected chi connectivity index (χ4v) is 3.48. The van der Waals surface area contributed by atoms with E-state index >= 15 is 0 Å². The second kappa shape index (κ2) is 10.7. The predicted molar refractivity (Wildman–Crippen MR) is 118 cm³/mol. The van der Waals surface area contributed by atoms with E-state index in [1.807, 2.05) is 49.4 Å². The highest BCUT2D eigenvalue weighted by Crippen LogP contribution is 2.20. The van der Waals surface area contributed by atoms with Crippen molar-refractivity contribution in [2.24, 2.45) is 0 Å². The maximum Gasteiger partial charge on any atom is 0.247 e. The van der Waals surface area contributed by atoms with E-state index in [4.69, 9.17) is 4.42 Å². The van der Waals surface area contributed by atoms with Crippen LogP contribution >= 0.6 is 0 Å². The Balaban J connectivity index is 1.54. The predicted octanol–water partition coefficient (Wildman–Crippen LogP) is 4.18. The Labute approximate surface area is 178 Å². The Hall–Kier alpha value is -2.99. The molecule has 0 radical (unpaired) electrons. The Kier molecular flexibility index (Phi) is 7.74. The number of hydrogen-bond donors (Lipinski definition) is 1. The van der Waals surface area contributed by atoms with Crippen molar-refractivity contribution in [3.05, 3.63) is 71.6 Å². The van der Waals surface area contributed by atoms with Crippen molar-refractivity contribution in [3.8, 4) is 11.5 Å². The molecular weight excluding hydrogens is 376 g/mol. The van der Waals surface area contributed by atoms with E-state index in [0.29, 0.717) is 31.2 Å². The first-order valence-corrected chi connectivity index (χ1v) is 10.6. The molecule has 0 spiro atoms. The number of hydrogen-bond acceptors (Lipinski definition) is 5. The number of carbonyl (C=O) groups is 1. The second-order valence-electron chi connectivity index (χ2n) is 7.32. The molecule has 1 heterocycles. The monoisotopic (exact) mass is 406 g/mol. The van der Waals surface area contributed by atoms with Crippen LogP contribution in [0.15, 0.2) is 59.0 Å². The molecule has 158 valence electrons. The zero-order valence-electron chi connectivity index (χ0n) is 18.0. The molecule has 30 heavy (non-hydrogen) atoms. The van der Waals surface area contributed by atoms with E-state index < -0.39 is 0 Å². The lowest BCUT2D eigenvalue weighted by atomic mass is 10.0. The average molecular weight is 407 g/mol. The van der Waals surface area contributed by atoms with Gasteiger partial charge in [-0.15, -0.1) is 10.2 Å². The van der Waals surface area contributed by atoms with Gasteiger partial charge in [-0.2, -0.15) is 0 Å². The third-order valence-corrected chi connectivity index (χ3v) is 5.26. The summed E-state index contributed by atoms with van der Waals surface area (Å²) in [6.45, 7) is 8.74. The molecule has 3 rings (SSSR count). The molecule has 6 heteroatoms. The normalized spacial score (nSPS) is 12.1. The van der Waals surface area contributed by atoms with E-state index in [2.05, 4.69) is 46.4 Å². The number of nitrogens with one attached hydrogen (secondary N) is 1. The van der Waals surface area contributed by atoms with Crippen LogP contribution in [0.5, 0.6) is 0 Å². The van der Waals surface area contributed by atoms with Crippen LogP contribution in [-0.4, -0.2) is 40.6 Å². The van der Waals surface area contributed by atoms with Gasteiger partial charge in [0.2, 0.25) is 17.7 Å². The zero-order valence-corrected chi connectivity index (χ0v) is 18.0. The highest BCUT2D eigenvalue weighted by Gasteiger charge is 2.19. The molecule has 2 aromatic carbocycles. The summed E-state index contributed by atoms with van der Waals surface area (Å²) in [6.07, 6.45) is 0.737. The second-order valence-corrected chi connectivity index (χ2v) is 7.32. The van der Waals surface area contributed by atoms with Crippen LogP contribution in [0.1, 0.15) is 43.3 Å². The zero-order chi connectivity index (χ0) is 21.3. The van der Waals surface area contributed by atoms with Gasteiger partial charge in [0.25, 0.3) is 0 Å². The molecule has 0 unspecified atom stereocenters. The van der Waals surface area contributed by atoms with Gasteiger partial charge in [0, 0.05) is 24.9 Å². The lowest BCUT2D eigenvalue weighted by molar-refractivity contribution is -0.121. The molecule has 0 aliphatic rings. The average Bonchev–Trinajstić information content (AvgIpc) is 3.25. The molecule has 1 N–H and O–H groups in total. The van der Waals surface area contributed by atoms with Crippen LogP contribution in [0.25, 0.3) is 11.5 Å². The number of benzene rings is 2. The van der Waals surface area contributed by atoms with Crippen molar-refractivity contribution in [1.82, 2.24) is 20.4 Å². The molecule has 6 nitrogen and oxygen atoms in total. The molecule has 1 aromatic heterocycles. The third kappa shape index (κ3) is 5.76. The van der Waals surface area contributed by atoms with E-state index in [-0.39, 0.29) is 11.9 Å². The van der Waals surface area contributed by atoms with Crippen molar-refractivity contribution in [2.45, 2.75) is 39.7 Å².